The molecule has 0 saturated heterocycles. The maximum absolute atomic E-state index is 11.3. The van der Waals surface area contributed by atoms with Crippen LogP contribution in [-0.2, 0) is 11.3 Å². The van der Waals surface area contributed by atoms with Gasteiger partial charge in [-0.25, -0.2) is 0 Å². The van der Waals surface area contributed by atoms with Crippen LogP contribution in [0.25, 0.3) is 0 Å². The minimum Gasteiger partial charge on any atom is -0.337 e. The summed E-state index contributed by atoms with van der Waals surface area (Å²) in [4.78, 5) is 14.4. The van der Waals surface area contributed by atoms with Crippen molar-refractivity contribution in [1.29, 1.82) is 0 Å². The summed E-state index contributed by atoms with van der Waals surface area (Å²) in [5.41, 5.74) is 2.61. The number of amides is 1. The van der Waals surface area contributed by atoms with E-state index in [0.717, 1.165) is 6.41 Å². The van der Waals surface area contributed by atoms with Crippen LogP contribution < -0.4 is 0 Å². The molecule has 2 nitrogen and oxygen atoms in total. The number of hydrogen-bond acceptors (Lipinski definition) is 2. The van der Waals surface area contributed by atoms with Crippen molar-refractivity contribution in [2.24, 2.45) is 0 Å². The third-order valence-electron chi connectivity index (χ3n) is 3.82. The molecule has 1 amide bonds. The third kappa shape index (κ3) is 2.46. The van der Waals surface area contributed by atoms with Gasteiger partial charge in [0.15, 0.2) is 0 Å². The molecule has 1 heterocycles. The van der Waals surface area contributed by atoms with Gasteiger partial charge in [0.05, 0.1) is 5.25 Å². The molecule has 0 bridgehead atoms. The van der Waals surface area contributed by atoms with E-state index in [0.29, 0.717) is 6.54 Å². The van der Waals surface area contributed by atoms with Crippen molar-refractivity contribution in [2.45, 2.75) is 29.7 Å². The zero-order valence-electron chi connectivity index (χ0n) is 11.4. The standard InChI is InChI=1S/C17H17NOS/c1-13-17(20-15-8-3-2-4-9-15)16-10-6-5-7-14(16)11-18(13)12-19/h2-10,12-13,17H,11H2,1H3/t13-,17?/m0/s1. The van der Waals surface area contributed by atoms with Gasteiger partial charge >= 0.3 is 0 Å². The van der Waals surface area contributed by atoms with E-state index in [1.807, 2.05) is 28.8 Å². The second kappa shape index (κ2) is 5.71. The maximum atomic E-state index is 11.3. The summed E-state index contributed by atoms with van der Waals surface area (Å²) in [6, 6.07) is 19.0. The van der Waals surface area contributed by atoms with Crippen LogP contribution in [0.2, 0.25) is 0 Å². The smallest absolute Gasteiger partial charge is 0.210 e. The van der Waals surface area contributed by atoms with E-state index in [9.17, 15) is 4.79 Å². The maximum Gasteiger partial charge on any atom is 0.210 e. The first-order valence-corrected chi connectivity index (χ1v) is 7.68. The highest BCUT2D eigenvalue weighted by Crippen LogP contribution is 2.43. The fraction of sp³-hybridized carbons (Fsp3) is 0.235. The van der Waals surface area contributed by atoms with Crippen molar-refractivity contribution in [3.8, 4) is 0 Å². The van der Waals surface area contributed by atoms with Gasteiger partial charge in [0.25, 0.3) is 0 Å². The molecule has 0 radical (unpaired) electrons. The number of thioether (sulfide) groups is 1. The zero-order chi connectivity index (χ0) is 13.9. The van der Waals surface area contributed by atoms with Crippen molar-refractivity contribution in [3.05, 3.63) is 65.7 Å². The summed E-state index contributed by atoms with van der Waals surface area (Å²) in [6.45, 7) is 2.84. The summed E-state index contributed by atoms with van der Waals surface area (Å²) in [5, 5.41) is 0.285. The van der Waals surface area contributed by atoms with Crippen LogP contribution in [0.3, 0.4) is 0 Å². The molecule has 1 unspecified atom stereocenters. The molecule has 1 aliphatic heterocycles. The highest BCUT2D eigenvalue weighted by Gasteiger charge is 2.31. The van der Waals surface area contributed by atoms with Crippen LogP contribution in [0.15, 0.2) is 59.5 Å². The highest BCUT2D eigenvalue weighted by molar-refractivity contribution is 7.99. The summed E-state index contributed by atoms with van der Waals surface area (Å²) in [6.07, 6.45) is 0.971. The van der Waals surface area contributed by atoms with Crippen LogP contribution in [-0.4, -0.2) is 17.4 Å². The summed E-state index contributed by atoms with van der Waals surface area (Å²) in [7, 11) is 0. The van der Waals surface area contributed by atoms with Crippen LogP contribution in [0.5, 0.6) is 0 Å². The van der Waals surface area contributed by atoms with Crippen molar-refractivity contribution in [1.82, 2.24) is 4.90 Å². The monoisotopic (exact) mass is 283 g/mol. The van der Waals surface area contributed by atoms with Crippen molar-refractivity contribution >= 4 is 18.2 Å². The van der Waals surface area contributed by atoms with Crippen LogP contribution in [0.4, 0.5) is 0 Å². The Bertz CT molecular complexity index is 599. The molecule has 2 atom stereocenters. The number of carbonyl (C=O) groups is 1. The van der Waals surface area contributed by atoms with Gasteiger partial charge in [0, 0.05) is 17.5 Å². The number of carbonyl (C=O) groups excluding carboxylic acids is 1. The quantitative estimate of drug-likeness (QED) is 0.797. The Balaban J connectivity index is 1.96. The van der Waals surface area contributed by atoms with Gasteiger partial charge in [-0.15, -0.1) is 11.8 Å². The minimum absolute atomic E-state index is 0.201. The molecule has 3 heteroatoms. The first-order chi connectivity index (χ1) is 9.79. The first kappa shape index (κ1) is 13.3. The largest absolute Gasteiger partial charge is 0.337 e. The third-order valence-corrected chi connectivity index (χ3v) is 5.26. The van der Waals surface area contributed by atoms with Crippen LogP contribution >= 0.6 is 11.8 Å². The predicted octanol–water partition coefficient (Wildman–Crippen LogP) is 3.88. The Kier molecular flexibility index (Phi) is 3.79. The molecular weight excluding hydrogens is 266 g/mol. The minimum atomic E-state index is 0.201. The second-order valence-electron chi connectivity index (χ2n) is 5.07. The Labute approximate surface area is 123 Å². The number of fused-ring (bicyclic) bond motifs is 1. The van der Waals surface area contributed by atoms with Gasteiger partial charge in [0.1, 0.15) is 0 Å². The predicted molar refractivity (Wildman–Crippen MR) is 82.6 cm³/mol. The lowest BCUT2D eigenvalue weighted by Crippen LogP contribution is -2.39. The van der Waals surface area contributed by atoms with Gasteiger partial charge in [-0.1, -0.05) is 42.5 Å². The lowest BCUT2D eigenvalue weighted by Gasteiger charge is -2.38. The van der Waals surface area contributed by atoms with Crippen molar-refractivity contribution in [3.63, 3.8) is 0 Å². The van der Waals surface area contributed by atoms with Gasteiger partial charge in [-0.2, -0.15) is 0 Å². The van der Waals surface area contributed by atoms with E-state index < -0.39 is 0 Å². The number of hydrogen-bond donors (Lipinski definition) is 0. The summed E-state index contributed by atoms with van der Waals surface area (Å²) >= 11 is 1.83. The fourth-order valence-corrected chi connectivity index (χ4v) is 3.99. The molecule has 0 spiro atoms. The normalized spacial score (nSPS) is 21.4. The zero-order valence-corrected chi connectivity index (χ0v) is 12.2. The molecule has 102 valence electrons. The van der Waals surface area contributed by atoms with E-state index >= 15 is 0 Å². The van der Waals surface area contributed by atoms with Crippen molar-refractivity contribution in [2.75, 3.05) is 0 Å². The van der Waals surface area contributed by atoms with Gasteiger partial charge in [0.2, 0.25) is 6.41 Å². The second-order valence-corrected chi connectivity index (χ2v) is 6.28. The molecule has 0 aliphatic carbocycles. The SMILES string of the molecule is C[C@H]1C(Sc2ccccc2)c2ccccc2CN1C=O. The van der Waals surface area contributed by atoms with Crippen LogP contribution in [0, 0.1) is 0 Å². The molecule has 20 heavy (non-hydrogen) atoms. The Hall–Kier alpha value is -1.74. The van der Waals surface area contributed by atoms with Crippen molar-refractivity contribution < 1.29 is 4.79 Å². The number of benzene rings is 2. The van der Waals surface area contributed by atoms with Crippen LogP contribution in [0.1, 0.15) is 23.3 Å². The summed E-state index contributed by atoms with van der Waals surface area (Å²) < 4.78 is 0. The molecule has 0 N–H and O–H groups in total. The fourth-order valence-electron chi connectivity index (χ4n) is 2.67. The number of rotatable bonds is 3. The Morgan fingerprint density at radius 1 is 1.10 bits per heavy atom. The van der Waals surface area contributed by atoms with Gasteiger partial charge in [-0.05, 0) is 30.2 Å². The molecule has 2 aromatic carbocycles. The Morgan fingerprint density at radius 3 is 2.55 bits per heavy atom. The van der Waals surface area contributed by atoms with E-state index in [-0.39, 0.29) is 11.3 Å². The van der Waals surface area contributed by atoms with E-state index in [4.69, 9.17) is 0 Å². The molecule has 2 aromatic rings. The van der Waals surface area contributed by atoms with E-state index in [2.05, 4.69) is 49.4 Å². The highest BCUT2D eigenvalue weighted by atomic mass is 32.2. The van der Waals surface area contributed by atoms with E-state index in [1.54, 1.807) is 0 Å². The molecular formula is C17H17NOS. The number of nitrogens with zero attached hydrogens (tertiary/aromatic N) is 1. The lowest BCUT2D eigenvalue weighted by molar-refractivity contribution is -0.120. The summed E-state index contributed by atoms with van der Waals surface area (Å²) in [5.74, 6) is 0. The molecule has 3 rings (SSSR count). The average molecular weight is 283 g/mol. The van der Waals surface area contributed by atoms with Gasteiger partial charge < -0.3 is 4.90 Å². The molecule has 0 saturated carbocycles. The molecule has 1 aliphatic rings. The van der Waals surface area contributed by atoms with E-state index in [1.165, 1.54) is 16.0 Å². The molecule has 0 fully saturated rings. The topological polar surface area (TPSA) is 20.3 Å². The lowest BCUT2D eigenvalue weighted by atomic mass is 9.95. The average Bonchev–Trinajstić information content (AvgIpc) is 2.51. The van der Waals surface area contributed by atoms with Gasteiger partial charge in [-0.3, -0.25) is 4.79 Å². The molecule has 0 aromatic heterocycles. The Morgan fingerprint density at radius 2 is 1.80 bits per heavy atom. The first-order valence-electron chi connectivity index (χ1n) is 6.80.